The summed E-state index contributed by atoms with van der Waals surface area (Å²) in [5.41, 5.74) is 2.19. The van der Waals surface area contributed by atoms with Crippen LogP contribution in [0.15, 0.2) is 89.2 Å². The molecule has 0 saturated heterocycles. The van der Waals surface area contributed by atoms with Crippen LogP contribution in [0, 0.1) is 11.8 Å². The van der Waals surface area contributed by atoms with Gasteiger partial charge in [-0.1, -0.05) is 87.8 Å². The van der Waals surface area contributed by atoms with Crippen molar-refractivity contribution in [3.63, 3.8) is 0 Å². The lowest BCUT2D eigenvalue weighted by Gasteiger charge is -2.33. The predicted molar refractivity (Wildman–Crippen MR) is 185 cm³/mol. The Morgan fingerprint density at radius 3 is 2.21 bits per heavy atom. The van der Waals surface area contributed by atoms with Crippen LogP contribution in [-0.2, 0) is 27.8 Å². The first kappa shape index (κ1) is 38.1. The van der Waals surface area contributed by atoms with E-state index < -0.39 is 40.1 Å². The summed E-state index contributed by atoms with van der Waals surface area (Å²) in [6.07, 6.45) is 4.03. The zero-order valence-electron chi connectivity index (χ0n) is 28.2. The predicted octanol–water partition coefficient (Wildman–Crippen LogP) is 3.88. The highest BCUT2D eigenvalue weighted by Gasteiger charge is 2.34. The van der Waals surface area contributed by atoms with Gasteiger partial charge in [0.2, 0.25) is 15.9 Å². The van der Waals surface area contributed by atoms with Crippen LogP contribution < -0.4 is 10.6 Å². The molecule has 13 heteroatoms. The third-order valence-electron chi connectivity index (χ3n) is 8.04. The van der Waals surface area contributed by atoms with Crippen molar-refractivity contribution in [1.29, 1.82) is 0 Å². The van der Waals surface area contributed by atoms with Crippen LogP contribution in [0.1, 0.15) is 50.8 Å². The summed E-state index contributed by atoms with van der Waals surface area (Å²) >= 11 is 0. The lowest BCUT2D eigenvalue weighted by molar-refractivity contribution is -0.125. The number of hydrogen-bond donors (Lipinski definition) is 4. The standard InChI is InChI=1S/C35H48N6O6S/c1-6-26(4)33(39-35(44)40(5)23-29-13-10-18-36-20-29)34(43)38-31(19-27-11-8-7-9-12-27)32(42)24-41(22-25(2)3)48(46,47)30-16-14-28(15-17-30)21-37-45/h7-18,20-21,25-26,31-33,42,45H,6,19,22-24H2,1-5H3,(H,38,43)(H,39,44)/t26-,31-,32-,33-/m0/s1. The average molecular weight is 681 g/mol. The molecule has 0 aliphatic rings. The van der Waals surface area contributed by atoms with Gasteiger partial charge < -0.3 is 25.8 Å². The van der Waals surface area contributed by atoms with E-state index in [2.05, 4.69) is 20.8 Å². The molecular formula is C35H48N6O6S. The molecule has 3 aromatic rings. The Balaban J connectivity index is 1.86. The van der Waals surface area contributed by atoms with E-state index in [-0.39, 0.29) is 36.2 Å². The number of benzene rings is 2. The van der Waals surface area contributed by atoms with E-state index in [1.54, 1.807) is 25.5 Å². The number of aliphatic hydroxyl groups is 1. The van der Waals surface area contributed by atoms with Gasteiger partial charge in [-0.3, -0.25) is 9.78 Å². The van der Waals surface area contributed by atoms with Gasteiger partial charge in [-0.15, -0.1) is 0 Å². The molecule has 0 unspecified atom stereocenters. The molecule has 0 radical (unpaired) electrons. The first-order valence-electron chi connectivity index (χ1n) is 16.1. The molecule has 260 valence electrons. The number of rotatable bonds is 17. The minimum atomic E-state index is -4.06. The van der Waals surface area contributed by atoms with Crippen LogP contribution in [0.3, 0.4) is 0 Å². The Hall–Kier alpha value is -4.33. The highest BCUT2D eigenvalue weighted by molar-refractivity contribution is 7.89. The van der Waals surface area contributed by atoms with E-state index in [4.69, 9.17) is 5.21 Å². The number of aliphatic hydroxyl groups excluding tert-OH is 1. The Labute approximate surface area is 283 Å². The van der Waals surface area contributed by atoms with Crippen molar-refractivity contribution < 1.29 is 28.3 Å². The molecule has 1 aromatic heterocycles. The molecule has 0 aliphatic carbocycles. The fraction of sp³-hybridized carbons (Fsp3) is 0.429. The molecule has 48 heavy (non-hydrogen) atoms. The van der Waals surface area contributed by atoms with Gasteiger partial charge in [0.15, 0.2) is 0 Å². The number of aromatic nitrogens is 1. The first-order valence-corrected chi connectivity index (χ1v) is 17.5. The van der Waals surface area contributed by atoms with Crippen molar-refractivity contribution in [2.24, 2.45) is 17.0 Å². The number of amides is 3. The van der Waals surface area contributed by atoms with E-state index in [0.717, 1.165) is 11.1 Å². The average Bonchev–Trinajstić information content (AvgIpc) is 3.07. The molecular weight excluding hydrogens is 632 g/mol. The summed E-state index contributed by atoms with van der Waals surface area (Å²) in [7, 11) is -2.42. The summed E-state index contributed by atoms with van der Waals surface area (Å²) in [5, 5.41) is 29.3. The number of nitrogens with zero attached hydrogens (tertiary/aromatic N) is 4. The minimum absolute atomic E-state index is 0.0176. The maximum Gasteiger partial charge on any atom is 0.318 e. The van der Waals surface area contributed by atoms with Crippen LogP contribution in [0.25, 0.3) is 0 Å². The van der Waals surface area contributed by atoms with Crippen molar-refractivity contribution in [2.45, 2.75) is 70.2 Å². The maximum absolute atomic E-state index is 13.9. The molecule has 0 spiro atoms. The molecule has 0 bridgehead atoms. The number of sulfonamides is 1. The normalized spacial score (nSPS) is 14.4. The van der Waals surface area contributed by atoms with Gasteiger partial charge in [0, 0.05) is 39.1 Å². The summed E-state index contributed by atoms with van der Waals surface area (Å²) in [6.45, 7) is 7.68. The lowest BCUT2D eigenvalue weighted by atomic mass is 9.96. The zero-order chi connectivity index (χ0) is 35.3. The van der Waals surface area contributed by atoms with E-state index in [1.807, 2.05) is 64.1 Å². The van der Waals surface area contributed by atoms with Crippen molar-refractivity contribution in [2.75, 3.05) is 20.1 Å². The van der Waals surface area contributed by atoms with Crippen molar-refractivity contribution in [1.82, 2.24) is 24.8 Å². The third-order valence-corrected chi connectivity index (χ3v) is 9.88. The molecule has 2 aromatic carbocycles. The number of urea groups is 1. The van der Waals surface area contributed by atoms with Crippen LogP contribution in [0.5, 0.6) is 0 Å². The molecule has 1 heterocycles. The molecule has 12 nitrogen and oxygen atoms in total. The molecule has 4 atom stereocenters. The summed E-state index contributed by atoms with van der Waals surface area (Å²) in [6, 6.07) is 16.6. The van der Waals surface area contributed by atoms with Gasteiger partial charge in [-0.2, -0.15) is 4.31 Å². The fourth-order valence-corrected chi connectivity index (χ4v) is 6.78. The minimum Gasteiger partial charge on any atom is -0.411 e. The van der Waals surface area contributed by atoms with Gasteiger partial charge >= 0.3 is 6.03 Å². The highest BCUT2D eigenvalue weighted by Crippen LogP contribution is 2.20. The van der Waals surface area contributed by atoms with Crippen LogP contribution >= 0.6 is 0 Å². The van der Waals surface area contributed by atoms with Crippen molar-refractivity contribution in [3.05, 3.63) is 95.8 Å². The molecule has 0 fully saturated rings. The quantitative estimate of drug-likeness (QED) is 0.0955. The molecule has 3 amide bonds. The van der Waals surface area contributed by atoms with Gasteiger partial charge in [0.1, 0.15) is 6.04 Å². The van der Waals surface area contributed by atoms with Gasteiger partial charge in [-0.05, 0) is 53.1 Å². The largest absolute Gasteiger partial charge is 0.411 e. The third kappa shape index (κ3) is 11.1. The summed E-state index contributed by atoms with van der Waals surface area (Å²) in [4.78, 5) is 32.7. The fourth-order valence-electron chi connectivity index (χ4n) is 5.16. The molecule has 4 N–H and O–H groups in total. The number of nitrogens with one attached hydrogen (secondary N) is 2. The smallest absolute Gasteiger partial charge is 0.318 e. The second-order valence-corrected chi connectivity index (χ2v) is 14.4. The van der Waals surface area contributed by atoms with Crippen LogP contribution in [0.2, 0.25) is 0 Å². The zero-order valence-corrected chi connectivity index (χ0v) is 29.0. The van der Waals surface area contributed by atoms with E-state index in [1.165, 1.54) is 39.7 Å². The number of carbonyl (C=O) groups excluding carboxylic acids is 2. The lowest BCUT2D eigenvalue weighted by Crippen LogP contribution is -2.58. The first-order chi connectivity index (χ1) is 22.8. The second kappa shape index (κ2) is 18.3. The van der Waals surface area contributed by atoms with Gasteiger partial charge in [0.25, 0.3) is 0 Å². The Bertz CT molecular complexity index is 1570. The van der Waals surface area contributed by atoms with E-state index >= 15 is 0 Å². The number of carbonyl (C=O) groups is 2. The van der Waals surface area contributed by atoms with Crippen molar-refractivity contribution >= 4 is 28.2 Å². The highest BCUT2D eigenvalue weighted by atomic mass is 32.2. The molecule has 0 saturated carbocycles. The van der Waals surface area contributed by atoms with Gasteiger partial charge in [0.05, 0.1) is 23.3 Å². The maximum atomic E-state index is 13.9. The SMILES string of the molecule is CC[C@H](C)[C@H](NC(=O)N(C)Cc1cccnc1)C(=O)N[C@@H](Cc1ccccc1)[C@@H](O)CN(CC(C)C)S(=O)(=O)c1ccc(C=NO)cc1. The number of pyridine rings is 1. The molecule has 3 rings (SSSR count). The molecule has 0 aliphatic heterocycles. The van der Waals surface area contributed by atoms with Crippen LogP contribution in [0.4, 0.5) is 4.79 Å². The summed E-state index contributed by atoms with van der Waals surface area (Å²) in [5.74, 6) is -0.789. The topological polar surface area (TPSA) is 165 Å². The van der Waals surface area contributed by atoms with Crippen LogP contribution in [-0.4, -0.2) is 89.4 Å². The Morgan fingerprint density at radius 2 is 1.62 bits per heavy atom. The number of oxime groups is 1. The van der Waals surface area contributed by atoms with E-state index in [0.29, 0.717) is 18.5 Å². The second-order valence-electron chi connectivity index (χ2n) is 12.4. The Morgan fingerprint density at radius 1 is 0.958 bits per heavy atom. The van der Waals surface area contributed by atoms with Crippen molar-refractivity contribution in [3.8, 4) is 0 Å². The van der Waals surface area contributed by atoms with Gasteiger partial charge in [-0.25, -0.2) is 13.2 Å². The van der Waals surface area contributed by atoms with E-state index in [9.17, 15) is 23.1 Å². The monoisotopic (exact) mass is 680 g/mol. The summed E-state index contributed by atoms with van der Waals surface area (Å²) < 4.78 is 28.9. The number of hydrogen-bond acceptors (Lipinski definition) is 8. The Kier molecular flexibility index (Phi) is 14.5.